The molecule has 0 radical (unpaired) electrons. The average Bonchev–Trinajstić information content (AvgIpc) is 2.93. The summed E-state index contributed by atoms with van der Waals surface area (Å²) in [6.45, 7) is 1.84. The summed E-state index contributed by atoms with van der Waals surface area (Å²) in [4.78, 5) is 25.2. The first-order valence-corrected chi connectivity index (χ1v) is 7.88. The minimum absolute atomic E-state index is 0.0365. The number of nitrogens with zero attached hydrogens (tertiary/aromatic N) is 2. The molecule has 112 valence electrons. The van der Waals surface area contributed by atoms with Gasteiger partial charge in [-0.1, -0.05) is 0 Å². The highest BCUT2D eigenvalue weighted by atomic mass is 32.2. The Morgan fingerprint density at radius 1 is 1.40 bits per heavy atom. The van der Waals surface area contributed by atoms with Gasteiger partial charge in [-0.25, -0.2) is 9.10 Å². The van der Waals surface area contributed by atoms with Crippen LogP contribution in [0.2, 0.25) is 0 Å². The first-order valence-electron chi connectivity index (χ1n) is 6.48. The maximum atomic E-state index is 12.1. The van der Waals surface area contributed by atoms with E-state index in [0.29, 0.717) is 23.8 Å². The van der Waals surface area contributed by atoms with Crippen LogP contribution in [0.3, 0.4) is 0 Å². The molecule has 3 aliphatic heterocycles. The summed E-state index contributed by atoms with van der Waals surface area (Å²) in [5.41, 5.74) is 0. The summed E-state index contributed by atoms with van der Waals surface area (Å²) >= 11 is 0. The Labute approximate surface area is 116 Å². The minimum Gasteiger partial charge on any atom is -0.334 e. The van der Waals surface area contributed by atoms with Crippen molar-refractivity contribution in [3.8, 4) is 0 Å². The topological polar surface area (TPSA) is 119 Å². The zero-order chi connectivity index (χ0) is 14.5. The van der Waals surface area contributed by atoms with Crippen LogP contribution in [0.1, 0.15) is 12.8 Å². The molecular weight excluding hydrogens is 288 g/mol. The lowest BCUT2D eigenvalue weighted by Gasteiger charge is -2.42. The lowest BCUT2D eigenvalue weighted by molar-refractivity contribution is -0.143. The van der Waals surface area contributed by atoms with E-state index in [1.807, 2.05) is 0 Å². The Hall–Kier alpha value is -1.39. The van der Waals surface area contributed by atoms with Crippen LogP contribution in [-0.4, -0.2) is 71.9 Å². The number of fused-ring (bicyclic) bond motifs is 1. The molecule has 3 rings (SSSR count). The van der Waals surface area contributed by atoms with Gasteiger partial charge >= 0.3 is 16.3 Å². The van der Waals surface area contributed by atoms with Gasteiger partial charge in [0.05, 0.1) is 6.04 Å². The Morgan fingerprint density at radius 3 is 2.75 bits per heavy atom. The van der Waals surface area contributed by atoms with Crippen LogP contribution in [0.5, 0.6) is 0 Å². The molecule has 3 aliphatic rings. The highest BCUT2D eigenvalue weighted by Gasteiger charge is 2.60. The third-order valence-corrected chi connectivity index (χ3v) is 4.98. The van der Waals surface area contributed by atoms with Crippen LogP contribution in [0.4, 0.5) is 4.79 Å². The summed E-state index contributed by atoms with van der Waals surface area (Å²) in [6.07, 6.45) is 1.19. The second kappa shape index (κ2) is 4.57. The largest absolute Gasteiger partial charge is 0.362 e. The average molecular weight is 304 g/mol. The molecule has 0 aromatic rings. The predicted molar refractivity (Wildman–Crippen MR) is 67.1 cm³/mol. The molecule has 3 amide bonds. The number of hydrogen-bond acceptors (Lipinski definition) is 5. The van der Waals surface area contributed by atoms with Gasteiger partial charge in [-0.3, -0.25) is 9.35 Å². The molecule has 0 spiro atoms. The van der Waals surface area contributed by atoms with Gasteiger partial charge in [0.1, 0.15) is 6.04 Å². The fourth-order valence-electron chi connectivity index (χ4n) is 3.08. The van der Waals surface area contributed by atoms with E-state index in [2.05, 4.69) is 10.6 Å². The third-order valence-electron chi connectivity index (χ3n) is 4.03. The van der Waals surface area contributed by atoms with Crippen molar-refractivity contribution in [2.75, 3.05) is 19.6 Å². The third kappa shape index (κ3) is 2.03. The lowest BCUT2D eigenvalue weighted by atomic mass is 10.0. The van der Waals surface area contributed by atoms with E-state index in [0.717, 1.165) is 13.0 Å². The van der Waals surface area contributed by atoms with E-state index in [1.54, 1.807) is 0 Å². The van der Waals surface area contributed by atoms with Crippen molar-refractivity contribution in [1.29, 1.82) is 0 Å². The standard InChI is InChI=1S/C10H16N4O5S/c15-9-8-7(14(9)20(17,18)19)2-4-13(8)10(16)12-6-1-3-11-5-6/h6-8,11H,1-5H2,(H,12,16)(H,17,18,19)/t6-,7+,8?/m0/s1. The predicted octanol–water partition coefficient (Wildman–Crippen LogP) is -1.85. The van der Waals surface area contributed by atoms with Gasteiger partial charge in [0.25, 0.3) is 5.91 Å². The van der Waals surface area contributed by atoms with E-state index in [1.165, 1.54) is 4.90 Å². The van der Waals surface area contributed by atoms with Crippen molar-refractivity contribution in [3.05, 3.63) is 0 Å². The van der Waals surface area contributed by atoms with E-state index >= 15 is 0 Å². The Balaban J connectivity index is 1.66. The van der Waals surface area contributed by atoms with Crippen molar-refractivity contribution in [2.24, 2.45) is 0 Å². The molecule has 0 aromatic carbocycles. The number of rotatable bonds is 2. The first kappa shape index (κ1) is 13.6. The first-order chi connectivity index (χ1) is 9.39. The number of urea groups is 1. The number of carbonyl (C=O) groups is 2. The molecule has 0 aromatic heterocycles. The van der Waals surface area contributed by atoms with Crippen molar-refractivity contribution >= 4 is 22.2 Å². The monoisotopic (exact) mass is 304 g/mol. The number of amides is 3. The van der Waals surface area contributed by atoms with E-state index in [4.69, 9.17) is 4.55 Å². The van der Waals surface area contributed by atoms with Crippen LogP contribution in [0, 0.1) is 0 Å². The van der Waals surface area contributed by atoms with Gasteiger partial charge in [0, 0.05) is 19.1 Å². The summed E-state index contributed by atoms with van der Waals surface area (Å²) in [6, 6.07) is -1.72. The van der Waals surface area contributed by atoms with Crippen molar-refractivity contribution < 1.29 is 22.6 Å². The number of β-lactam (4-membered cyclic amide) rings is 1. The van der Waals surface area contributed by atoms with E-state index < -0.39 is 28.3 Å². The second-order valence-corrected chi connectivity index (χ2v) is 6.53. The van der Waals surface area contributed by atoms with Gasteiger partial charge in [-0.05, 0) is 19.4 Å². The number of likely N-dealkylation sites (tertiary alicyclic amines) is 1. The molecule has 3 heterocycles. The summed E-state index contributed by atoms with van der Waals surface area (Å²) in [5, 5.41) is 5.94. The van der Waals surface area contributed by atoms with Gasteiger partial charge in [-0.15, -0.1) is 0 Å². The maximum absolute atomic E-state index is 12.1. The zero-order valence-electron chi connectivity index (χ0n) is 10.7. The lowest BCUT2D eigenvalue weighted by Crippen LogP contribution is -2.69. The smallest absolute Gasteiger partial charge is 0.334 e. The fourth-order valence-corrected chi connectivity index (χ4v) is 3.98. The maximum Gasteiger partial charge on any atom is 0.362 e. The van der Waals surface area contributed by atoms with Crippen molar-refractivity contribution in [2.45, 2.75) is 31.0 Å². The van der Waals surface area contributed by atoms with Crippen LogP contribution in [0.15, 0.2) is 0 Å². The summed E-state index contributed by atoms with van der Waals surface area (Å²) in [7, 11) is -4.53. The molecule has 0 bridgehead atoms. The van der Waals surface area contributed by atoms with Gasteiger partial charge < -0.3 is 15.5 Å². The fraction of sp³-hybridized carbons (Fsp3) is 0.800. The van der Waals surface area contributed by atoms with Gasteiger partial charge in [0.15, 0.2) is 0 Å². The van der Waals surface area contributed by atoms with Crippen LogP contribution in [-0.2, 0) is 15.1 Å². The van der Waals surface area contributed by atoms with Gasteiger partial charge in [0.2, 0.25) is 0 Å². The molecule has 3 fully saturated rings. The second-order valence-electron chi connectivity index (χ2n) is 5.25. The van der Waals surface area contributed by atoms with Gasteiger partial charge in [-0.2, -0.15) is 8.42 Å². The molecule has 3 N–H and O–H groups in total. The summed E-state index contributed by atoms with van der Waals surface area (Å²) in [5.74, 6) is -0.741. The normalized spacial score (nSPS) is 33.0. The highest BCUT2D eigenvalue weighted by molar-refractivity contribution is 7.84. The molecular formula is C10H16N4O5S. The molecule has 0 aliphatic carbocycles. The van der Waals surface area contributed by atoms with E-state index in [9.17, 15) is 18.0 Å². The van der Waals surface area contributed by atoms with Crippen LogP contribution >= 0.6 is 0 Å². The molecule has 3 atom stereocenters. The Bertz CT molecular complexity index is 544. The number of nitrogens with one attached hydrogen (secondary N) is 2. The minimum atomic E-state index is -4.53. The number of carbonyl (C=O) groups excluding carboxylic acids is 2. The number of hydrogen-bond donors (Lipinski definition) is 3. The molecule has 0 saturated carbocycles. The van der Waals surface area contributed by atoms with E-state index in [-0.39, 0.29) is 12.1 Å². The van der Waals surface area contributed by atoms with Crippen LogP contribution in [0.25, 0.3) is 0 Å². The highest BCUT2D eigenvalue weighted by Crippen LogP contribution is 2.35. The molecule has 20 heavy (non-hydrogen) atoms. The molecule has 3 saturated heterocycles. The quantitative estimate of drug-likeness (QED) is 0.407. The van der Waals surface area contributed by atoms with Crippen molar-refractivity contribution in [3.63, 3.8) is 0 Å². The Morgan fingerprint density at radius 2 is 2.15 bits per heavy atom. The summed E-state index contributed by atoms with van der Waals surface area (Å²) < 4.78 is 31.5. The van der Waals surface area contributed by atoms with Crippen molar-refractivity contribution in [1.82, 2.24) is 19.8 Å². The molecule has 9 nitrogen and oxygen atoms in total. The molecule has 1 unspecified atom stereocenters. The SMILES string of the molecule is O=C(N[C@H]1CCNC1)N1CC[C@@H]2C1C(=O)N2S(=O)(=O)O. The Kier molecular flexibility index (Phi) is 3.10. The zero-order valence-corrected chi connectivity index (χ0v) is 11.5. The van der Waals surface area contributed by atoms with Crippen LogP contribution < -0.4 is 10.6 Å². The molecule has 10 heteroatoms.